The van der Waals surface area contributed by atoms with E-state index in [2.05, 4.69) is 5.32 Å². The predicted octanol–water partition coefficient (Wildman–Crippen LogP) is 2.56. The van der Waals surface area contributed by atoms with Crippen molar-refractivity contribution >= 4 is 11.4 Å². The highest BCUT2D eigenvalue weighted by atomic mass is 16.6. The predicted molar refractivity (Wildman–Crippen MR) is 73.6 cm³/mol. The Morgan fingerprint density at radius 3 is 2.58 bits per heavy atom. The molecule has 0 saturated carbocycles. The second kappa shape index (κ2) is 6.94. The summed E-state index contributed by atoms with van der Waals surface area (Å²) in [7, 11) is 0. The Hall–Kier alpha value is -1.82. The fourth-order valence-electron chi connectivity index (χ4n) is 1.66. The first kappa shape index (κ1) is 15.2. The van der Waals surface area contributed by atoms with Crippen LogP contribution in [0.3, 0.4) is 0 Å². The molecule has 0 bridgehead atoms. The summed E-state index contributed by atoms with van der Waals surface area (Å²) < 4.78 is 5.49. The number of aliphatic hydroxyl groups is 1. The number of anilines is 1. The molecule has 0 spiro atoms. The highest BCUT2D eigenvalue weighted by molar-refractivity contribution is 5.56. The molecule has 0 aliphatic carbocycles. The minimum absolute atomic E-state index is 0.0168. The lowest BCUT2D eigenvalue weighted by molar-refractivity contribution is -0.384. The topological polar surface area (TPSA) is 84.6 Å². The van der Waals surface area contributed by atoms with Crippen LogP contribution in [-0.2, 0) is 0 Å². The van der Waals surface area contributed by atoms with Gasteiger partial charge in [-0.1, -0.05) is 0 Å². The SMILES string of the molecule is CC(CCO)Nc1cc(OC(C)C)cc([N+](=O)[O-])c1. The lowest BCUT2D eigenvalue weighted by Crippen LogP contribution is -2.16. The fraction of sp³-hybridized carbons (Fsp3) is 0.538. The van der Waals surface area contributed by atoms with E-state index in [4.69, 9.17) is 9.84 Å². The number of nitro groups is 1. The Morgan fingerprint density at radius 2 is 2.05 bits per heavy atom. The summed E-state index contributed by atoms with van der Waals surface area (Å²) in [4.78, 5) is 10.4. The van der Waals surface area contributed by atoms with Crippen molar-refractivity contribution in [2.24, 2.45) is 0 Å². The molecule has 0 radical (unpaired) electrons. The lowest BCUT2D eigenvalue weighted by Gasteiger charge is -2.16. The van der Waals surface area contributed by atoms with Crippen LogP contribution >= 0.6 is 0 Å². The average molecular weight is 268 g/mol. The lowest BCUT2D eigenvalue weighted by atomic mass is 10.2. The average Bonchev–Trinajstić information content (AvgIpc) is 2.27. The standard InChI is InChI=1S/C13H20N2O4/c1-9(2)19-13-7-11(14-10(3)4-5-16)6-12(8-13)15(17)18/h6-10,14,16H,4-5H2,1-3H3. The molecule has 106 valence electrons. The summed E-state index contributed by atoms with van der Waals surface area (Å²) >= 11 is 0. The number of rotatable bonds is 7. The minimum atomic E-state index is -0.449. The molecular formula is C13H20N2O4. The molecule has 0 aliphatic rings. The molecule has 0 aliphatic heterocycles. The van der Waals surface area contributed by atoms with E-state index in [1.807, 2.05) is 20.8 Å². The van der Waals surface area contributed by atoms with Crippen molar-refractivity contribution < 1.29 is 14.8 Å². The molecule has 0 saturated heterocycles. The number of non-ortho nitro benzene ring substituents is 1. The van der Waals surface area contributed by atoms with Crippen molar-refractivity contribution in [3.63, 3.8) is 0 Å². The van der Waals surface area contributed by atoms with Crippen molar-refractivity contribution in [1.29, 1.82) is 0 Å². The summed E-state index contributed by atoms with van der Waals surface area (Å²) in [6, 6.07) is 4.61. The molecule has 0 heterocycles. The van der Waals surface area contributed by atoms with Crippen LogP contribution in [0.25, 0.3) is 0 Å². The maximum atomic E-state index is 10.9. The number of nitrogens with zero attached hydrogens (tertiary/aromatic N) is 1. The Morgan fingerprint density at radius 1 is 1.37 bits per heavy atom. The van der Waals surface area contributed by atoms with Gasteiger partial charge in [0.15, 0.2) is 0 Å². The van der Waals surface area contributed by atoms with Crippen molar-refractivity contribution in [1.82, 2.24) is 0 Å². The van der Waals surface area contributed by atoms with E-state index in [1.165, 1.54) is 12.1 Å². The van der Waals surface area contributed by atoms with Crippen LogP contribution in [0.4, 0.5) is 11.4 Å². The number of benzene rings is 1. The Bertz CT molecular complexity index is 435. The quantitative estimate of drug-likeness (QED) is 0.586. The van der Waals surface area contributed by atoms with Crippen LogP contribution in [0.5, 0.6) is 5.75 Å². The second-order valence-corrected chi connectivity index (χ2v) is 4.70. The van der Waals surface area contributed by atoms with Gasteiger partial charge in [0.2, 0.25) is 0 Å². The van der Waals surface area contributed by atoms with Gasteiger partial charge in [0.05, 0.1) is 17.1 Å². The summed E-state index contributed by atoms with van der Waals surface area (Å²) in [6.45, 7) is 5.69. The zero-order valence-electron chi connectivity index (χ0n) is 11.4. The molecule has 1 atom stereocenters. The molecule has 0 fully saturated rings. The highest BCUT2D eigenvalue weighted by Crippen LogP contribution is 2.27. The van der Waals surface area contributed by atoms with Crippen LogP contribution in [0, 0.1) is 10.1 Å². The third-order valence-electron chi connectivity index (χ3n) is 2.45. The Kier molecular flexibility index (Phi) is 5.57. The van der Waals surface area contributed by atoms with E-state index in [0.29, 0.717) is 17.9 Å². The number of hydrogen-bond acceptors (Lipinski definition) is 5. The number of ether oxygens (including phenoxy) is 1. The van der Waals surface area contributed by atoms with Gasteiger partial charge in [0, 0.05) is 30.5 Å². The van der Waals surface area contributed by atoms with Gasteiger partial charge in [-0.3, -0.25) is 10.1 Å². The Balaban J connectivity index is 2.95. The smallest absolute Gasteiger partial charge is 0.275 e. The molecule has 0 amide bonds. The van der Waals surface area contributed by atoms with E-state index >= 15 is 0 Å². The number of nitro benzene ring substituents is 1. The van der Waals surface area contributed by atoms with Crippen LogP contribution in [0.1, 0.15) is 27.2 Å². The first-order valence-corrected chi connectivity index (χ1v) is 6.26. The third kappa shape index (κ3) is 5.13. The van der Waals surface area contributed by atoms with Crippen LogP contribution in [0.15, 0.2) is 18.2 Å². The molecule has 2 N–H and O–H groups in total. The maximum absolute atomic E-state index is 10.9. The number of hydrogen-bond donors (Lipinski definition) is 2. The molecule has 1 unspecified atom stereocenters. The van der Waals surface area contributed by atoms with Crippen molar-refractivity contribution in [2.45, 2.75) is 39.3 Å². The first-order chi connectivity index (χ1) is 8.92. The first-order valence-electron chi connectivity index (χ1n) is 6.26. The molecule has 1 rings (SSSR count). The van der Waals surface area contributed by atoms with E-state index in [-0.39, 0.29) is 24.4 Å². The second-order valence-electron chi connectivity index (χ2n) is 4.70. The van der Waals surface area contributed by atoms with E-state index in [0.717, 1.165) is 0 Å². The fourth-order valence-corrected chi connectivity index (χ4v) is 1.66. The van der Waals surface area contributed by atoms with Gasteiger partial charge in [-0.15, -0.1) is 0 Å². The van der Waals surface area contributed by atoms with Gasteiger partial charge >= 0.3 is 0 Å². The summed E-state index contributed by atoms with van der Waals surface area (Å²) in [5.41, 5.74) is 0.600. The van der Waals surface area contributed by atoms with Gasteiger partial charge in [-0.05, 0) is 27.2 Å². The largest absolute Gasteiger partial charge is 0.491 e. The zero-order chi connectivity index (χ0) is 14.4. The highest BCUT2D eigenvalue weighted by Gasteiger charge is 2.12. The van der Waals surface area contributed by atoms with E-state index in [1.54, 1.807) is 6.07 Å². The van der Waals surface area contributed by atoms with Gasteiger partial charge in [-0.25, -0.2) is 0 Å². The zero-order valence-corrected chi connectivity index (χ0v) is 11.4. The number of aliphatic hydroxyl groups excluding tert-OH is 1. The number of nitrogens with one attached hydrogen (secondary N) is 1. The van der Waals surface area contributed by atoms with Crippen LogP contribution in [-0.4, -0.2) is 28.8 Å². The van der Waals surface area contributed by atoms with Gasteiger partial charge in [0.25, 0.3) is 5.69 Å². The summed E-state index contributed by atoms with van der Waals surface area (Å²) in [5.74, 6) is 0.461. The van der Waals surface area contributed by atoms with Crippen molar-refractivity contribution in [2.75, 3.05) is 11.9 Å². The van der Waals surface area contributed by atoms with Crippen LogP contribution < -0.4 is 10.1 Å². The summed E-state index contributed by atoms with van der Waals surface area (Å²) in [6.07, 6.45) is 0.521. The monoisotopic (exact) mass is 268 g/mol. The maximum Gasteiger partial charge on any atom is 0.275 e. The minimum Gasteiger partial charge on any atom is -0.491 e. The molecule has 6 heteroatoms. The third-order valence-corrected chi connectivity index (χ3v) is 2.45. The molecule has 1 aromatic carbocycles. The molecule has 0 aromatic heterocycles. The normalized spacial score (nSPS) is 12.3. The molecule has 6 nitrogen and oxygen atoms in total. The Labute approximate surface area is 112 Å². The van der Waals surface area contributed by atoms with Gasteiger partial charge in [0.1, 0.15) is 5.75 Å². The van der Waals surface area contributed by atoms with E-state index in [9.17, 15) is 10.1 Å². The van der Waals surface area contributed by atoms with Gasteiger partial charge < -0.3 is 15.2 Å². The van der Waals surface area contributed by atoms with Crippen molar-refractivity contribution in [3.05, 3.63) is 28.3 Å². The van der Waals surface area contributed by atoms with Crippen LogP contribution in [0.2, 0.25) is 0 Å². The van der Waals surface area contributed by atoms with E-state index < -0.39 is 4.92 Å². The van der Waals surface area contributed by atoms with Crippen molar-refractivity contribution in [3.8, 4) is 5.75 Å². The van der Waals surface area contributed by atoms with Gasteiger partial charge in [-0.2, -0.15) is 0 Å². The summed E-state index contributed by atoms with van der Waals surface area (Å²) in [5, 5.41) is 22.9. The molecule has 1 aromatic rings. The molecular weight excluding hydrogens is 248 g/mol. The molecule has 19 heavy (non-hydrogen) atoms.